The molecule has 0 N–H and O–H groups in total. The Hall–Kier alpha value is -2.57. The van der Waals surface area contributed by atoms with Crippen LogP contribution in [-0.4, -0.2) is 45.5 Å². The minimum absolute atomic E-state index is 0.0111. The van der Waals surface area contributed by atoms with Gasteiger partial charge >= 0.3 is 0 Å². The highest BCUT2D eigenvalue weighted by atomic mass is 16.3. The Kier molecular flexibility index (Phi) is 4.42. The highest BCUT2D eigenvalue weighted by molar-refractivity contribution is 5.84. The fourth-order valence-corrected chi connectivity index (χ4v) is 3.37. The van der Waals surface area contributed by atoms with Crippen LogP contribution in [0.5, 0.6) is 0 Å². The molecular formula is C17H22N4O3. The SMILES string of the molecule is CN(Cc1ccco1)C(=O)[C@H]1CCC(=O)N(C)[C@@H]1c1ccnn1C. The summed E-state index contributed by atoms with van der Waals surface area (Å²) in [5.41, 5.74) is 0.871. The van der Waals surface area contributed by atoms with Crippen molar-refractivity contribution in [3.8, 4) is 0 Å². The Balaban J connectivity index is 1.84. The van der Waals surface area contributed by atoms with Crippen molar-refractivity contribution in [2.24, 2.45) is 13.0 Å². The molecule has 1 fully saturated rings. The fraction of sp³-hybridized carbons (Fsp3) is 0.471. The summed E-state index contributed by atoms with van der Waals surface area (Å²) in [5.74, 6) is 0.516. The average molecular weight is 330 g/mol. The number of carbonyl (C=O) groups excluding carboxylic acids is 2. The second kappa shape index (κ2) is 6.51. The van der Waals surface area contributed by atoms with Gasteiger partial charge in [0.05, 0.1) is 30.5 Å². The molecule has 0 aliphatic carbocycles. The molecule has 2 aromatic rings. The molecule has 2 amide bonds. The molecule has 3 rings (SSSR count). The second-order valence-electron chi connectivity index (χ2n) is 6.25. The molecule has 0 radical (unpaired) electrons. The van der Waals surface area contributed by atoms with Crippen molar-refractivity contribution in [2.75, 3.05) is 14.1 Å². The smallest absolute Gasteiger partial charge is 0.228 e. The molecule has 0 saturated carbocycles. The molecule has 7 nitrogen and oxygen atoms in total. The summed E-state index contributed by atoms with van der Waals surface area (Å²) in [4.78, 5) is 28.5. The molecule has 0 unspecified atom stereocenters. The number of nitrogens with zero attached hydrogens (tertiary/aromatic N) is 4. The molecule has 0 aromatic carbocycles. The van der Waals surface area contributed by atoms with E-state index in [-0.39, 0.29) is 23.8 Å². The predicted molar refractivity (Wildman–Crippen MR) is 86.6 cm³/mol. The number of aryl methyl sites for hydroxylation is 1. The van der Waals surface area contributed by atoms with Crippen LogP contribution in [-0.2, 0) is 23.2 Å². The molecule has 128 valence electrons. The van der Waals surface area contributed by atoms with Crippen LogP contribution < -0.4 is 0 Å². The van der Waals surface area contributed by atoms with Crippen LogP contribution in [0, 0.1) is 5.92 Å². The van der Waals surface area contributed by atoms with Crippen LogP contribution in [0.25, 0.3) is 0 Å². The van der Waals surface area contributed by atoms with Crippen molar-refractivity contribution in [1.82, 2.24) is 19.6 Å². The third-order valence-electron chi connectivity index (χ3n) is 4.69. The van der Waals surface area contributed by atoms with Gasteiger partial charge in [-0.15, -0.1) is 0 Å². The molecule has 1 aliphatic heterocycles. The van der Waals surface area contributed by atoms with Crippen LogP contribution in [0.1, 0.15) is 30.3 Å². The number of likely N-dealkylation sites (tertiary alicyclic amines) is 1. The van der Waals surface area contributed by atoms with Crippen LogP contribution in [0.15, 0.2) is 35.1 Å². The predicted octanol–water partition coefficient (Wildman–Crippen LogP) is 1.58. The van der Waals surface area contributed by atoms with E-state index < -0.39 is 0 Å². The molecule has 7 heteroatoms. The average Bonchev–Trinajstić information content (AvgIpc) is 3.21. The van der Waals surface area contributed by atoms with Gasteiger partial charge < -0.3 is 14.2 Å². The van der Waals surface area contributed by atoms with Crippen molar-refractivity contribution in [3.05, 3.63) is 42.1 Å². The van der Waals surface area contributed by atoms with E-state index in [9.17, 15) is 9.59 Å². The summed E-state index contributed by atoms with van der Waals surface area (Å²) >= 11 is 0. The van der Waals surface area contributed by atoms with Crippen molar-refractivity contribution in [3.63, 3.8) is 0 Å². The largest absolute Gasteiger partial charge is 0.467 e. The zero-order valence-electron chi connectivity index (χ0n) is 14.2. The van der Waals surface area contributed by atoms with E-state index in [1.54, 1.807) is 47.1 Å². The monoisotopic (exact) mass is 330 g/mol. The van der Waals surface area contributed by atoms with Gasteiger partial charge in [0.15, 0.2) is 0 Å². The lowest BCUT2D eigenvalue weighted by molar-refractivity contribution is -0.146. The van der Waals surface area contributed by atoms with E-state index in [0.29, 0.717) is 19.4 Å². The molecule has 0 bridgehead atoms. The summed E-state index contributed by atoms with van der Waals surface area (Å²) < 4.78 is 7.05. The Labute approximate surface area is 140 Å². The highest BCUT2D eigenvalue weighted by Crippen LogP contribution is 2.36. The number of aromatic nitrogens is 2. The Morgan fingerprint density at radius 2 is 2.21 bits per heavy atom. The van der Waals surface area contributed by atoms with Crippen LogP contribution in [0.3, 0.4) is 0 Å². The Morgan fingerprint density at radius 1 is 1.42 bits per heavy atom. The number of amides is 2. The second-order valence-corrected chi connectivity index (χ2v) is 6.25. The number of furan rings is 1. The molecular weight excluding hydrogens is 308 g/mol. The third-order valence-corrected chi connectivity index (χ3v) is 4.69. The zero-order valence-corrected chi connectivity index (χ0v) is 14.2. The summed E-state index contributed by atoms with van der Waals surface area (Å²) in [6.07, 6.45) is 4.21. The maximum Gasteiger partial charge on any atom is 0.228 e. The summed E-state index contributed by atoms with van der Waals surface area (Å²) in [6, 6.07) is 5.22. The van der Waals surface area contributed by atoms with E-state index in [1.165, 1.54) is 0 Å². The highest BCUT2D eigenvalue weighted by Gasteiger charge is 2.41. The van der Waals surface area contributed by atoms with E-state index in [2.05, 4.69) is 5.10 Å². The quantitative estimate of drug-likeness (QED) is 0.853. The lowest BCUT2D eigenvalue weighted by Crippen LogP contribution is -2.47. The van der Waals surface area contributed by atoms with E-state index >= 15 is 0 Å². The van der Waals surface area contributed by atoms with Crippen LogP contribution >= 0.6 is 0 Å². The van der Waals surface area contributed by atoms with Gasteiger partial charge in [-0.2, -0.15) is 5.10 Å². The molecule has 24 heavy (non-hydrogen) atoms. The molecule has 2 atom stereocenters. The lowest BCUT2D eigenvalue weighted by atomic mass is 9.86. The van der Waals surface area contributed by atoms with Gasteiger partial charge in [0.25, 0.3) is 0 Å². The normalized spacial score (nSPS) is 21.1. The van der Waals surface area contributed by atoms with Crippen LogP contribution in [0.4, 0.5) is 0 Å². The summed E-state index contributed by atoms with van der Waals surface area (Å²) in [7, 11) is 5.35. The minimum atomic E-state index is -0.301. The van der Waals surface area contributed by atoms with Gasteiger partial charge in [-0.25, -0.2) is 0 Å². The number of carbonyl (C=O) groups is 2. The van der Waals surface area contributed by atoms with Crippen molar-refractivity contribution < 1.29 is 14.0 Å². The first-order valence-electron chi connectivity index (χ1n) is 8.00. The first-order valence-corrected chi connectivity index (χ1v) is 8.00. The maximum absolute atomic E-state index is 13.0. The Bertz CT molecular complexity index is 722. The number of rotatable bonds is 4. The first kappa shape index (κ1) is 16.3. The van der Waals surface area contributed by atoms with Gasteiger partial charge in [-0.3, -0.25) is 14.3 Å². The molecule has 2 aromatic heterocycles. The number of piperidine rings is 1. The van der Waals surface area contributed by atoms with Crippen LogP contribution in [0.2, 0.25) is 0 Å². The number of hydrogen-bond acceptors (Lipinski definition) is 4. The maximum atomic E-state index is 13.0. The van der Waals surface area contributed by atoms with Gasteiger partial charge in [0.2, 0.25) is 11.8 Å². The standard InChI is InChI=1S/C17H22N4O3/c1-19(11-12-5-4-10-24-12)17(23)13-6-7-15(22)20(2)16(13)14-8-9-18-21(14)3/h4-5,8-10,13,16H,6-7,11H2,1-3H3/t13-,16-/m0/s1. The molecule has 0 spiro atoms. The topological polar surface area (TPSA) is 71.6 Å². The van der Waals surface area contributed by atoms with Gasteiger partial charge in [-0.05, 0) is 24.6 Å². The summed E-state index contributed by atoms with van der Waals surface area (Å²) in [5, 5.41) is 4.19. The Morgan fingerprint density at radius 3 is 2.83 bits per heavy atom. The van der Waals surface area contributed by atoms with Gasteiger partial charge in [-0.1, -0.05) is 0 Å². The van der Waals surface area contributed by atoms with Gasteiger partial charge in [0, 0.05) is 33.8 Å². The van der Waals surface area contributed by atoms with E-state index in [1.807, 2.05) is 19.2 Å². The van der Waals surface area contributed by atoms with E-state index in [4.69, 9.17) is 4.42 Å². The van der Waals surface area contributed by atoms with Gasteiger partial charge in [0.1, 0.15) is 5.76 Å². The molecule has 1 saturated heterocycles. The summed E-state index contributed by atoms with van der Waals surface area (Å²) in [6.45, 7) is 0.415. The minimum Gasteiger partial charge on any atom is -0.467 e. The molecule has 3 heterocycles. The molecule has 1 aliphatic rings. The third kappa shape index (κ3) is 2.93. The number of hydrogen-bond donors (Lipinski definition) is 0. The lowest BCUT2D eigenvalue weighted by Gasteiger charge is -2.39. The van der Waals surface area contributed by atoms with Crippen molar-refractivity contribution >= 4 is 11.8 Å². The zero-order chi connectivity index (χ0) is 17.3. The van der Waals surface area contributed by atoms with E-state index in [0.717, 1.165) is 11.5 Å². The fourth-order valence-electron chi connectivity index (χ4n) is 3.37. The van der Waals surface area contributed by atoms with Crippen molar-refractivity contribution in [2.45, 2.75) is 25.4 Å². The van der Waals surface area contributed by atoms with Crippen molar-refractivity contribution in [1.29, 1.82) is 0 Å². The first-order chi connectivity index (χ1) is 11.5.